The highest BCUT2D eigenvalue weighted by Crippen LogP contribution is 2.44. The number of nitrogens with one attached hydrogen (secondary N) is 4. The summed E-state index contributed by atoms with van der Waals surface area (Å²) in [5.41, 5.74) is 27.9. The van der Waals surface area contributed by atoms with Crippen molar-refractivity contribution in [2.75, 3.05) is 165 Å². The van der Waals surface area contributed by atoms with Crippen molar-refractivity contribution in [3.8, 4) is 11.1 Å². The summed E-state index contributed by atoms with van der Waals surface area (Å²) in [6, 6.07) is 15.9. The minimum absolute atomic E-state index is 0.0183. The van der Waals surface area contributed by atoms with E-state index in [2.05, 4.69) is 51.3 Å². The van der Waals surface area contributed by atoms with Crippen LogP contribution in [-0.4, -0.2) is 194 Å². The molecule has 0 aliphatic heterocycles. The summed E-state index contributed by atoms with van der Waals surface area (Å²) in [5.74, 6) is -1.22. The van der Waals surface area contributed by atoms with Gasteiger partial charge in [-0.3, -0.25) is 14.4 Å². The second-order valence-electron chi connectivity index (χ2n) is 16.7. The Kier molecular flexibility index (Phi) is 36.1. The first-order valence-electron chi connectivity index (χ1n) is 25.5. The molecule has 0 spiro atoms. The van der Waals surface area contributed by atoms with Gasteiger partial charge in [-0.15, -0.1) is 0 Å². The molecule has 0 heterocycles. The summed E-state index contributed by atoms with van der Waals surface area (Å²) >= 11 is 0. The van der Waals surface area contributed by atoms with E-state index >= 15 is 0 Å². The number of ether oxygens (including phenoxy) is 10. The van der Waals surface area contributed by atoms with E-state index in [1.54, 1.807) is 0 Å². The van der Waals surface area contributed by atoms with Crippen molar-refractivity contribution >= 4 is 23.8 Å². The molecule has 0 fully saturated rings. The van der Waals surface area contributed by atoms with Crippen LogP contribution in [0.15, 0.2) is 63.9 Å². The Labute approximate surface area is 442 Å². The van der Waals surface area contributed by atoms with Crippen molar-refractivity contribution in [1.82, 2.24) is 21.3 Å². The maximum atomic E-state index is 14.0. The van der Waals surface area contributed by atoms with E-state index in [4.69, 9.17) is 64.0 Å². The number of carbonyl (C=O) groups is 4. The van der Waals surface area contributed by atoms with Crippen molar-refractivity contribution < 1.29 is 66.5 Å². The van der Waals surface area contributed by atoms with Gasteiger partial charge in [0.05, 0.1) is 119 Å². The molecule has 0 atom stereocenters. The third kappa shape index (κ3) is 29.7. The highest BCUT2D eigenvalue weighted by Gasteiger charge is 2.35. The van der Waals surface area contributed by atoms with E-state index in [-0.39, 0.29) is 148 Å². The lowest BCUT2D eigenvalue weighted by Gasteiger charge is -2.35. The first-order valence-corrected chi connectivity index (χ1v) is 25.5. The predicted octanol–water partition coefficient (Wildman–Crippen LogP) is 5.03. The topological polar surface area (TPSA) is 355 Å². The van der Waals surface area contributed by atoms with Gasteiger partial charge in [0.1, 0.15) is 6.61 Å². The van der Waals surface area contributed by atoms with Crippen LogP contribution in [-0.2, 0) is 61.8 Å². The van der Waals surface area contributed by atoms with Crippen LogP contribution in [0.1, 0.15) is 55.6 Å². The average Bonchev–Trinajstić information content (AvgIpc) is 3.76. The van der Waals surface area contributed by atoms with Gasteiger partial charge in [0.15, 0.2) is 0 Å². The standard InChI is InChI=1S/C49H75N13O14/c50-60-56-18-24-70-30-36-73-33-27-67-21-15-53-45(63)9-12-49(13-10-46(64)54-16-22-68-28-34-74-37-31-71-25-19-57-61-51,14-11-47(65)55-17-23-69-29-35-75-38-32-72-26-20-58-62-52)59-48(66)76-39-44-42-7-3-1-5-40(42)41-6-2-4-8-43(41)44/h1-8,44H,9-39H2,(H,53,63)(H,54,64)(H,55,65)(H,59,66). The summed E-state index contributed by atoms with van der Waals surface area (Å²) in [5, 5.41) is 21.7. The van der Waals surface area contributed by atoms with E-state index in [0.29, 0.717) is 79.3 Å². The molecule has 76 heavy (non-hydrogen) atoms. The molecule has 1 aliphatic carbocycles. The number of fused-ring (bicyclic) bond motifs is 3. The van der Waals surface area contributed by atoms with Gasteiger partial charge in [-0.1, -0.05) is 63.9 Å². The second-order valence-corrected chi connectivity index (χ2v) is 16.7. The molecule has 4 N–H and O–H groups in total. The molecule has 420 valence electrons. The molecule has 2 aromatic carbocycles. The molecule has 0 unspecified atom stereocenters. The van der Waals surface area contributed by atoms with E-state index in [9.17, 15) is 19.2 Å². The van der Waals surface area contributed by atoms with Crippen molar-refractivity contribution in [1.29, 1.82) is 0 Å². The van der Waals surface area contributed by atoms with Gasteiger partial charge in [-0.05, 0) is 58.1 Å². The molecule has 27 heteroatoms. The SMILES string of the molecule is [N-]=[N+]=NCCOCCOCCOCCNC(=O)CCC(CCC(=O)NCCOCCOCCOCCN=[N+]=[N-])(CCC(=O)NCCOCCOCCOCCN=[N+]=[N-])NC(=O)OCC1c2ccccc2-c2ccccc21. The largest absolute Gasteiger partial charge is 0.449 e. The summed E-state index contributed by atoms with van der Waals surface area (Å²) in [4.78, 5) is 62.1. The van der Waals surface area contributed by atoms with E-state index < -0.39 is 11.6 Å². The number of carbonyl (C=O) groups excluding carboxylic acids is 4. The Morgan fingerprint density at radius 2 is 0.750 bits per heavy atom. The fourth-order valence-corrected chi connectivity index (χ4v) is 7.60. The van der Waals surface area contributed by atoms with E-state index in [0.717, 1.165) is 22.3 Å². The van der Waals surface area contributed by atoms with Crippen LogP contribution in [0.25, 0.3) is 42.5 Å². The lowest BCUT2D eigenvalue weighted by molar-refractivity contribution is -0.121. The second kappa shape index (κ2) is 42.9. The maximum absolute atomic E-state index is 14.0. The molecule has 4 amide bonds. The molecule has 0 bridgehead atoms. The zero-order valence-corrected chi connectivity index (χ0v) is 43.4. The van der Waals surface area contributed by atoms with Gasteiger partial charge >= 0.3 is 6.09 Å². The normalized spacial score (nSPS) is 12.2. The summed E-state index contributed by atoms with van der Waals surface area (Å²) in [6.45, 7) is 6.67. The van der Waals surface area contributed by atoms with Crippen molar-refractivity contribution in [2.24, 2.45) is 15.3 Å². The van der Waals surface area contributed by atoms with Gasteiger partial charge in [0.25, 0.3) is 0 Å². The van der Waals surface area contributed by atoms with Gasteiger partial charge in [0, 0.05) is 84.7 Å². The quantitative estimate of drug-likeness (QED) is 0.0292. The van der Waals surface area contributed by atoms with Gasteiger partial charge in [-0.2, -0.15) is 0 Å². The van der Waals surface area contributed by atoms with Crippen LogP contribution in [0.5, 0.6) is 0 Å². The zero-order valence-electron chi connectivity index (χ0n) is 43.4. The Hall–Kier alpha value is -6.31. The van der Waals surface area contributed by atoms with Gasteiger partial charge in [-0.25, -0.2) is 4.79 Å². The number of nitrogens with zero attached hydrogens (tertiary/aromatic N) is 9. The van der Waals surface area contributed by atoms with Crippen LogP contribution in [0.3, 0.4) is 0 Å². The van der Waals surface area contributed by atoms with Crippen LogP contribution < -0.4 is 21.3 Å². The molecule has 0 radical (unpaired) electrons. The van der Waals surface area contributed by atoms with Gasteiger partial charge in [0.2, 0.25) is 17.7 Å². The van der Waals surface area contributed by atoms with Crippen molar-refractivity contribution in [2.45, 2.75) is 50.0 Å². The van der Waals surface area contributed by atoms with Crippen LogP contribution in [0, 0.1) is 0 Å². The van der Waals surface area contributed by atoms with Crippen LogP contribution >= 0.6 is 0 Å². The molecule has 27 nitrogen and oxygen atoms in total. The molecular weight excluding hydrogens is 995 g/mol. The predicted molar refractivity (Wildman–Crippen MR) is 277 cm³/mol. The molecule has 0 aromatic heterocycles. The summed E-state index contributed by atoms with van der Waals surface area (Å²) < 4.78 is 55.1. The fraction of sp³-hybridized carbons (Fsp3) is 0.673. The summed E-state index contributed by atoms with van der Waals surface area (Å²) in [7, 11) is 0. The Bertz CT molecular complexity index is 1920. The minimum Gasteiger partial charge on any atom is -0.449 e. The van der Waals surface area contributed by atoms with Crippen molar-refractivity contribution in [3.05, 3.63) is 91.0 Å². The Balaban J connectivity index is 1.61. The number of amides is 4. The maximum Gasteiger partial charge on any atom is 0.407 e. The molecule has 2 aromatic rings. The van der Waals surface area contributed by atoms with Crippen LogP contribution in [0.4, 0.5) is 4.79 Å². The number of rotatable bonds is 48. The molecule has 3 rings (SSSR count). The smallest absolute Gasteiger partial charge is 0.407 e. The lowest BCUT2D eigenvalue weighted by atomic mass is 9.83. The Morgan fingerprint density at radius 3 is 1.08 bits per heavy atom. The molecule has 0 saturated carbocycles. The van der Waals surface area contributed by atoms with Crippen molar-refractivity contribution in [3.63, 3.8) is 0 Å². The summed E-state index contributed by atoms with van der Waals surface area (Å²) in [6.07, 6.45) is -0.765. The number of benzene rings is 2. The molecule has 1 aliphatic rings. The zero-order chi connectivity index (χ0) is 54.4. The third-order valence-corrected chi connectivity index (χ3v) is 11.3. The highest BCUT2D eigenvalue weighted by molar-refractivity contribution is 5.80. The first-order chi connectivity index (χ1) is 37.3. The minimum atomic E-state index is -1.25. The number of hydrogen-bond acceptors (Lipinski definition) is 17. The number of hydrogen-bond donors (Lipinski definition) is 4. The van der Waals surface area contributed by atoms with E-state index in [1.165, 1.54) is 0 Å². The lowest BCUT2D eigenvalue weighted by Crippen LogP contribution is -2.51. The molecule has 0 saturated heterocycles. The third-order valence-electron chi connectivity index (χ3n) is 11.3. The fourth-order valence-electron chi connectivity index (χ4n) is 7.60. The average molecular weight is 1070 g/mol. The number of alkyl carbamates (subject to hydrolysis) is 1. The van der Waals surface area contributed by atoms with Crippen LogP contribution in [0.2, 0.25) is 0 Å². The number of azide groups is 3. The highest BCUT2D eigenvalue weighted by atomic mass is 16.6. The van der Waals surface area contributed by atoms with E-state index in [1.807, 2.05) is 48.5 Å². The molecular formula is C49H75N13O14. The van der Waals surface area contributed by atoms with Gasteiger partial charge < -0.3 is 68.6 Å². The first kappa shape index (κ1) is 64.0. The monoisotopic (exact) mass is 1070 g/mol. The Morgan fingerprint density at radius 1 is 0.447 bits per heavy atom.